The molecule has 2 N–H and O–H groups in total. The van der Waals surface area contributed by atoms with Crippen LogP contribution in [0.25, 0.3) is 0 Å². The summed E-state index contributed by atoms with van der Waals surface area (Å²) in [4.78, 5) is 2.41. The molecule has 0 amide bonds. The Morgan fingerprint density at radius 1 is 1.24 bits per heavy atom. The van der Waals surface area contributed by atoms with Gasteiger partial charge in [-0.3, -0.25) is 0 Å². The van der Waals surface area contributed by atoms with Gasteiger partial charge < -0.3 is 10.5 Å². The third kappa shape index (κ3) is 3.22. The van der Waals surface area contributed by atoms with Gasteiger partial charge in [0.15, 0.2) is 0 Å². The van der Waals surface area contributed by atoms with Crippen LogP contribution >= 0.6 is 22.9 Å². The fourth-order valence-electron chi connectivity index (χ4n) is 1.53. The summed E-state index contributed by atoms with van der Waals surface area (Å²) in [7, 11) is 0. The van der Waals surface area contributed by atoms with Gasteiger partial charge >= 0.3 is 0 Å². The molecule has 1 atom stereocenters. The van der Waals surface area contributed by atoms with Gasteiger partial charge in [-0.15, -0.1) is 11.3 Å². The Hall–Kier alpha value is -1.03. The van der Waals surface area contributed by atoms with Crippen molar-refractivity contribution >= 4 is 22.9 Å². The number of benzene rings is 1. The molecule has 2 aromatic rings. The molecule has 0 spiro atoms. The van der Waals surface area contributed by atoms with Crippen molar-refractivity contribution < 1.29 is 4.74 Å². The molecule has 1 aromatic carbocycles. The second-order valence-corrected chi connectivity index (χ2v) is 5.50. The normalized spacial score (nSPS) is 12.4. The molecule has 4 heteroatoms. The number of thiophene rings is 1. The summed E-state index contributed by atoms with van der Waals surface area (Å²) in [5.74, 6) is 0.788. The second kappa shape index (κ2) is 5.54. The van der Waals surface area contributed by atoms with Crippen molar-refractivity contribution in [2.24, 2.45) is 5.73 Å². The summed E-state index contributed by atoms with van der Waals surface area (Å²) >= 11 is 7.54. The highest BCUT2D eigenvalue weighted by molar-refractivity contribution is 7.12. The van der Waals surface area contributed by atoms with E-state index in [0.29, 0.717) is 11.6 Å². The maximum Gasteiger partial charge on any atom is 0.145 e. The molecule has 0 bridgehead atoms. The van der Waals surface area contributed by atoms with E-state index in [2.05, 4.69) is 19.1 Å². The van der Waals surface area contributed by atoms with Gasteiger partial charge in [0.1, 0.15) is 11.9 Å². The first kappa shape index (κ1) is 12.4. The summed E-state index contributed by atoms with van der Waals surface area (Å²) in [6.07, 6.45) is -0.0881. The highest BCUT2D eigenvalue weighted by Crippen LogP contribution is 2.27. The van der Waals surface area contributed by atoms with Gasteiger partial charge in [-0.1, -0.05) is 11.6 Å². The predicted octanol–water partition coefficient (Wildman–Crippen LogP) is 3.79. The van der Waals surface area contributed by atoms with Crippen molar-refractivity contribution in [1.82, 2.24) is 0 Å². The average Bonchev–Trinajstić information content (AvgIpc) is 2.75. The van der Waals surface area contributed by atoms with Crippen molar-refractivity contribution in [2.45, 2.75) is 13.0 Å². The standard InChI is InChI=1S/C13H14ClNOS/c1-9-2-7-13(17-9)12(8-15)16-11-5-3-10(14)4-6-11/h2-7,12H,8,15H2,1H3. The Bertz CT molecular complexity index is 480. The molecular formula is C13H14ClNOS. The Morgan fingerprint density at radius 2 is 1.94 bits per heavy atom. The van der Waals surface area contributed by atoms with Gasteiger partial charge in [0.2, 0.25) is 0 Å². The summed E-state index contributed by atoms with van der Waals surface area (Å²) in [5, 5.41) is 0.702. The molecule has 0 saturated heterocycles. The quantitative estimate of drug-likeness (QED) is 0.915. The van der Waals surface area contributed by atoms with E-state index in [4.69, 9.17) is 22.1 Å². The van der Waals surface area contributed by atoms with Crippen LogP contribution in [0.5, 0.6) is 5.75 Å². The molecule has 1 aromatic heterocycles. The lowest BCUT2D eigenvalue weighted by Gasteiger charge is -2.16. The molecule has 0 fully saturated rings. The lowest BCUT2D eigenvalue weighted by Crippen LogP contribution is -2.17. The van der Waals surface area contributed by atoms with Gasteiger partial charge in [0, 0.05) is 21.3 Å². The van der Waals surface area contributed by atoms with Crippen LogP contribution < -0.4 is 10.5 Å². The van der Waals surface area contributed by atoms with Crippen molar-refractivity contribution in [3.05, 3.63) is 51.2 Å². The summed E-state index contributed by atoms with van der Waals surface area (Å²) in [6.45, 7) is 2.53. The molecule has 0 aliphatic heterocycles. The highest BCUT2D eigenvalue weighted by atomic mass is 35.5. The molecule has 2 rings (SSSR count). The molecule has 0 radical (unpaired) electrons. The monoisotopic (exact) mass is 267 g/mol. The number of hydrogen-bond donors (Lipinski definition) is 1. The highest BCUT2D eigenvalue weighted by Gasteiger charge is 2.13. The van der Waals surface area contributed by atoms with E-state index in [-0.39, 0.29) is 6.10 Å². The maximum atomic E-state index is 5.84. The van der Waals surface area contributed by atoms with Gasteiger partial charge in [0.25, 0.3) is 0 Å². The molecular weight excluding hydrogens is 254 g/mol. The summed E-state index contributed by atoms with van der Waals surface area (Å²) in [5.41, 5.74) is 5.75. The van der Waals surface area contributed by atoms with Crippen molar-refractivity contribution in [1.29, 1.82) is 0 Å². The van der Waals surface area contributed by atoms with Crippen LogP contribution in [0.3, 0.4) is 0 Å². The van der Waals surface area contributed by atoms with Crippen LogP contribution in [0.1, 0.15) is 15.9 Å². The summed E-state index contributed by atoms with van der Waals surface area (Å²) in [6, 6.07) is 11.5. The molecule has 90 valence electrons. The van der Waals surface area contributed by atoms with E-state index in [0.717, 1.165) is 10.6 Å². The zero-order valence-corrected chi connectivity index (χ0v) is 11.1. The number of hydrogen-bond acceptors (Lipinski definition) is 3. The topological polar surface area (TPSA) is 35.2 Å². The maximum absolute atomic E-state index is 5.84. The van der Waals surface area contributed by atoms with Gasteiger partial charge in [-0.25, -0.2) is 0 Å². The minimum atomic E-state index is -0.0881. The van der Waals surface area contributed by atoms with E-state index < -0.39 is 0 Å². The first-order valence-corrected chi connectivity index (χ1v) is 6.57. The van der Waals surface area contributed by atoms with E-state index >= 15 is 0 Å². The zero-order valence-electron chi connectivity index (χ0n) is 9.52. The van der Waals surface area contributed by atoms with Crippen LogP contribution in [0, 0.1) is 6.92 Å². The number of ether oxygens (including phenoxy) is 1. The van der Waals surface area contributed by atoms with E-state index in [9.17, 15) is 0 Å². The Balaban J connectivity index is 2.12. The Morgan fingerprint density at radius 3 is 2.47 bits per heavy atom. The van der Waals surface area contributed by atoms with Crippen molar-refractivity contribution in [2.75, 3.05) is 6.54 Å². The second-order valence-electron chi connectivity index (χ2n) is 3.74. The fraction of sp³-hybridized carbons (Fsp3) is 0.231. The molecule has 17 heavy (non-hydrogen) atoms. The molecule has 0 aliphatic carbocycles. The van der Waals surface area contributed by atoms with Gasteiger partial charge in [-0.05, 0) is 43.3 Å². The average molecular weight is 268 g/mol. The molecule has 0 aliphatic rings. The lowest BCUT2D eigenvalue weighted by molar-refractivity contribution is 0.218. The number of halogens is 1. The Kier molecular flexibility index (Phi) is 4.05. The van der Waals surface area contributed by atoms with Crippen LogP contribution in [0.2, 0.25) is 5.02 Å². The zero-order chi connectivity index (χ0) is 12.3. The third-order valence-electron chi connectivity index (χ3n) is 2.38. The van der Waals surface area contributed by atoms with Gasteiger partial charge in [-0.2, -0.15) is 0 Å². The molecule has 1 unspecified atom stereocenters. The lowest BCUT2D eigenvalue weighted by atomic mass is 10.2. The van der Waals surface area contributed by atoms with Gasteiger partial charge in [0.05, 0.1) is 0 Å². The summed E-state index contributed by atoms with van der Waals surface area (Å²) < 4.78 is 5.84. The number of aryl methyl sites for hydroxylation is 1. The van der Waals surface area contributed by atoms with Crippen LogP contribution in [0.15, 0.2) is 36.4 Å². The largest absolute Gasteiger partial charge is 0.484 e. The number of nitrogens with two attached hydrogens (primary N) is 1. The first-order chi connectivity index (χ1) is 8.19. The van der Waals surface area contributed by atoms with Crippen LogP contribution in [-0.2, 0) is 0 Å². The smallest absolute Gasteiger partial charge is 0.145 e. The Labute approximate surface area is 110 Å². The van der Waals surface area contributed by atoms with Crippen molar-refractivity contribution in [3.8, 4) is 5.75 Å². The minimum Gasteiger partial charge on any atom is -0.484 e. The third-order valence-corrected chi connectivity index (χ3v) is 3.73. The molecule has 1 heterocycles. The fourth-order valence-corrected chi connectivity index (χ4v) is 2.57. The van der Waals surface area contributed by atoms with E-state index in [1.807, 2.05) is 24.3 Å². The predicted molar refractivity (Wildman–Crippen MR) is 72.9 cm³/mol. The van der Waals surface area contributed by atoms with E-state index in [1.165, 1.54) is 4.88 Å². The first-order valence-electron chi connectivity index (χ1n) is 5.37. The van der Waals surface area contributed by atoms with Crippen molar-refractivity contribution in [3.63, 3.8) is 0 Å². The SMILES string of the molecule is Cc1ccc(C(CN)Oc2ccc(Cl)cc2)s1. The molecule has 0 saturated carbocycles. The van der Waals surface area contributed by atoms with Crippen LogP contribution in [-0.4, -0.2) is 6.54 Å². The minimum absolute atomic E-state index is 0.0881. The molecule has 2 nitrogen and oxygen atoms in total. The number of rotatable bonds is 4. The van der Waals surface area contributed by atoms with E-state index in [1.54, 1.807) is 11.3 Å². The van der Waals surface area contributed by atoms with Crippen LogP contribution in [0.4, 0.5) is 0 Å².